The summed E-state index contributed by atoms with van der Waals surface area (Å²) in [5.41, 5.74) is 4.27. The minimum atomic E-state index is -0.0979. The van der Waals surface area contributed by atoms with E-state index in [9.17, 15) is 9.59 Å². The first-order valence-electron chi connectivity index (χ1n) is 13.4. The molecule has 4 nitrogen and oxygen atoms in total. The van der Waals surface area contributed by atoms with Crippen molar-refractivity contribution in [2.75, 3.05) is 19.6 Å². The van der Waals surface area contributed by atoms with Crippen LogP contribution in [0.5, 0.6) is 0 Å². The third kappa shape index (κ3) is 6.25. The molecule has 0 bridgehead atoms. The molecule has 0 aliphatic carbocycles. The summed E-state index contributed by atoms with van der Waals surface area (Å²) in [6.45, 7) is 5.70. The summed E-state index contributed by atoms with van der Waals surface area (Å²) in [6.07, 6.45) is 7.36. The zero-order chi connectivity index (χ0) is 25.3. The Hall–Kier alpha value is -2.92. The van der Waals surface area contributed by atoms with Crippen molar-refractivity contribution in [3.05, 3.63) is 93.2 Å². The number of thiophene rings is 1. The fraction of sp³-hybridized carbons (Fsp3) is 0.419. The molecule has 1 unspecified atom stereocenters. The molecule has 0 saturated carbocycles. The Balaban J connectivity index is 1.51. The lowest BCUT2D eigenvalue weighted by Crippen LogP contribution is -2.47. The number of fused-ring (bicyclic) bond motifs is 1. The van der Waals surface area contributed by atoms with Gasteiger partial charge >= 0.3 is 0 Å². The van der Waals surface area contributed by atoms with Crippen LogP contribution in [-0.2, 0) is 17.6 Å². The molecule has 2 aromatic carbocycles. The van der Waals surface area contributed by atoms with Crippen molar-refractivity contribution >= 4 is 23.2 Å². The van der Waals surface area contributed by atoms with Gasteiger partial charge in [-0.1, -0.05) is 75.6 Å². The predicted molar refractivity (Wildman–Crippen MR) is 149 cm³/mol. The lowest BCUT2D eigenvalue weighted by molar-refractivity contribution is -0.134. The standard InChI is InChI=1S/C31H38N2O2S/c1-3-5-8-11-24-14-16-26(17-15-24)31(35)32(20-6-4-2)23-29(34)33-21-18-28-27(19-22-36-28)30(33)25-12-9-7-10-13-25/h7,9-10,12-17,19,22,30H,3-6,8,11,18,20-21,23H2,1-2H3. The molecule has 4 rings (SSSR count). The van der Waals surface area contributed by atoms with Gasteiger partial charge in [0.25, 0.3) is 5.91 Å². The zero-order valence-corrected chi connectivity index (χ0v) is 22.4. The molecule has 1 aromatic heterocycles. The molecule has 190 valence electrons. The number of nitrogens with zero attached hydrogens (tertiary/aromatic N) is 2. The molecule has 0 radical (unpaired) electrons. The molecule has 0 spiro atoms. The summed E-state index contributed by atoms with van der Waals surface area (Å²) in [7, 11) is 0. The third-order valence-electron chi connectivity index (χ3n) is 7.07. The van der Waals surface area contributed by atoms with Crippen LogP contribution in [0.1, 0.15) is 83.9 Å². The number of amides is 2. The molecule has 1 aliphatic rings. The Morgan fingerprint density at radius 3 is 2.42 bits per heavy atom. The molecule has 0 N–H and O–H groups in total. The van der Waals surface area contributed by atoms with Gasteiger partial charge in [-0.2, -0.15) is 0 Å². The van der Waals surface area contributed by atoms with Gasteiger partial charge in [0.15, 0.2) is 0 Å². The monoisotopic (exact) mass is 502 g/mol. The maximum atomic E-state index is 13.8. The Morgan fingerprint density at radius 2 is 1.69 bits per heavy atom. The van der Waals surface area contributed by atoms with Crippen LogP contribution in [0.2, 0.25) is 0 Å². The van der Waals surface area contributed by atoms with Crippen molar-refractivity contribution in [1.82, 2.24) is 9.80 Å². The summed E-state index contributed by atoms with van der Waals surface area (Å²) < 4.78 is 0. The van der Waals surface area contributed by atoms with E-state index in [1.807, 2.05) is 35.2 Å². The number of benzene rings is 2. The van der Waals surface area contributed by atoms with Gasteiger partial charge in [0.1, 0.15) is 6.54 Å². The summed E-state index contributed by atoms with van der Waals surface area (Å²) in [6, 6.07) is 20.3. The van der Waals surface area contributed by atoms with Crippen LogP contribution < -0.4 is 0 Å². The van der Waals surface area contributed by atoms with E-state index < -0.39 is 0 Å². The van der Waals surface area contributed by atoms with Crippen molar-refractivity contribution in [3.63, 3.8) is 0 Å². The van der Waals surface area contributed by atoms with Crippen molar-refractivity contribution in [2.24, 2.45) is 0 Å². The summed E-state index contributed by atoms with van der Waals surface area (Å²) in [4.78, 5) is 32.4. The van der Waals surface area contributed by atoms with Crippen LogP contribution in [0.25, 0.3) is 0 Å². The van der Waals surface area contributed by atoms with E-state index in [0.717, 1.165) is 31.2 Å². The van der Waals surface area contributed by atoms with Crippen molar-refractivity contribution in [3.8, 4) is 0 Å². The van der Waals surface area contributed by atoms with Crippen LogP contribution in [0.3, 0.4) is 0 Å². The van der Waals surface area contributed by atoms with E-state index in [1.54, 1.807) is 16.2 Å². The molecule has 1 atom stereocenters. The SMILES string of the molecule is CCCCCc1ccc(C(=O)N(CCCC)CC(=O)N2CCc3sccc3C2c2ccccc2)cc1. The molecule has 2 amide bonds. The first kappa shape index (κ1) is 26.2. The number of aryl methyl sites for hydroxylation is 1. The highest BCUT2D eigenvalue weighted by Gasteiger charge is 2.34. The number of unbranched alkanes of at least 4 members (excludes halogenated alkanes) is 3. The Labute approximate surface area is 219 Å². The average Bonchev–Trinajstić information content (AvgIpc) is 3.40. The quantitative estimate of drug-likeness (QED) is 0.268. The lowest BCUT2D eigenvalue weighted by Gasteiger charge is -2.37. The lowest BCUT2D eigenvalue weighted by atomic mass is 9.93. The average molecular weight is 503 g/mol. The highest BCUT2D eigenvalue weighted by atomic mass is 32.1. The van der Waals surface area contributed by atoms with Gasteiger partial charge in [-0.05, 0) is 66.0 Å². The van der Waals surface area contributed by atoms with Gasteiger partial charge in [0.2, 0.25) is 5.91 Å². The van der Waals surface area contributed by atoms with E-state index in [0.29, 0.717) is 18.7 Å². The Bertz CT molecular complexity index is 1120. The van der Waals surface area contributed by atoms with Gasteiger partial charge in [0, 0.05) is 23.5 Å². The maximum Gasteiger partial charge on any atom is 0.254 e. The zero-order valence-electron chi connectivity index (χ0n) is 21.6. The number of carbonyl (C=O) groups excluding carboxylic acids is 2. The number of carbonyl (C=O) groups is 2. The van der Waals surface area contributed by atoms with Gasteiger partial charge in [0.05, 0.1) is 6.04 Å². The minimum absolute atomic E-state index is 0.0151. The molecule has 0 fully saturated rings. The second-order valence-electron chi connectivity index (χ2n) is 9.68. The third-order valence-corrected chi connectivity index (χ3v) is 8.06. The maximum absolute atomic E-state index is 13.8. The summed E-state index contributed by atoms with van der Waals surface area (Å²) in [5, 5.41) is 2.12. The largest absolute Gasteiger partial charge is 0.330 e. The molecular formula is C31H38N2O2S. The molecule has 5 heteroatoms. The van der Waals surface area contributed by atoms with Crippen LogP contribution >= 0.6 is 11.3 Å². The van der Waals surface area contributed by atoms with E-state index in [-0.39, 0.29) is 24.4 Å². The normalized spacial score (nSPS) is 14.9. The second-order valence-corrected chi connectivity index (χ2v) is 10.7. The van der Waals surface area contributed by atoms with Crippen LogP contribution in [0.15, 0.2) is 66.0 Å². The topological polar surface area (TPSA) is 40.6 Å². The highest BCUT2D eigenvalue weighted by Crippen LogP contribution is 2.37. The van der Waals surface area contributed by atoms with E-state index >= 15 is 0 Å². The number of hydrogen-bond acceptors (Lipinski definition) is 3. The van der Waals surface area contributed by atoms with E-state index in [4.69, 9.17) is 0 Å². The van der Waals surface area contributed by atoms with E-state index in [1.165, 1.54) is 35.3 Å². The second kappa shape index (κ2) is 12.9. The summed E-state index contributed by atoms with van der Waals surface area (Å²) >= 11 is 1.77. The predicted octanol–water partition coefficient (Wildman–Crippen LogP) is 6.90. The number of rotatable bonds is 11. The van der Waals surface area contributed by atoms with Gasteiger partial charge < -0.3 is 9.80 Å². The molecule has 36 heavy (non-hydrogen) atoms. The van der Waals surface area contributed by atoms with Crippen LogP contribution in [0, 0.1) is 0 Å². The summed E-state index contributed by atoms with van der Waals surface area (Å²) in [5.74, 6) is -0.0391. The number of hydrogen-bond donors (Lipinski definition) is 0. The first-order chi connectivity index (χ1) is 17.6. The highest BCUT2D eigenvalue weighted by molar-refractivity contribution is 7.10. The molecule has 3 aromatic rings. The molecular weight excluding hydrogens is 464 g/mol. The molecule has 2 heterocycles. The fourth-order valence-electron chi connectivity index (χ4n) is 5.01. The smallest absolute Gasteiger partial charge is 0.254 e. The fourth-order valence-corrected chi connectivity index (χ4v) is 5.91. The van der Waals surface area contributed by atoms with Crippen LogP contribution in [0.4, 0.5) is 0 Å². The minimum Gasteiger partial charge on any atom is -0.330 e. The van der Waals surface area contributed by atoms with Crippen molar-refractivity contribution < 1.29 is 9.59 Å². The Morgan fingerprint density at radius 1 is 0.944 bits per heavy atom. The van der Waals surface area contributed by atoms with E-state index in [2.05, 4.69) is 49.6 Å². The van der Waals surface area contributed by atoms with Gasteiger partial charge in [-0.15, -0.1) is 11.3 Å². The molecule has 1 aliphatic heterocycles. The van der Waals surface area contributed by atoms with Gasteiger partial charge in [-0.3, -0.25) is 9.59 Å². The Kier molecular flexibility index (Phi) is 9.35. The van der Waals surface area contributed by atoms with Gasteiger partial charge in [-0.25, -0.2) is 0 Å². The van der Waals surface area contributed by atoms with Crippen LogP contribution in [-0.4, -0.2) is 41.2 Å². The first-order valence-corrected chi connectivity index (χ1v) is 14.3. The molecule has 0 saturated heterocycles. The van der Waals surface area contributed by atoms with Crippen molar-refractivity contribution in [2.45, 2.75) is 64.8 Å². The van der Waals surface area contributed by atoms with Crippen molar-refractivity contribution in [1.29, 1.82) is 0 Å².